The van der Waals surface area contributed by atoms with Gasteiger partial charge in [-0.1, -0.05) is 35.3 Å². The molecular weight excluding hydrogens is 305 g/mol. The van der Waals surface area contributed by atoms with Gasteiger partial charge in [0.1, 0.15) is 0 Å². The van der Waals surface area contributed by atoms with E-state index < -0.39 is 0 Å². The van der Waals surface area contributed by atoms with Crippen LogP contribution >= 0.6 is 34.8 Å². The number of halogens is 3. The van der Waals surface area contributed by atoms with Gasteiger partial charge in [-0.25, -0.2) is 0 Å². The van der Waals surface area contributed by atoms with E-state index in [9.17, 15) is 4.79 Å². The average molecular weight is 315 g/mol. The number of carbonyl (C=O) groups is 1. The summed E-state index contributed by atoms with van der Waals surface area (Å²) in [6.07, 6.45) is 0. The summed E-state index contributed by atoms with van der Waals surface area (Å²) in [6.45, 7) is 0. The van der Waals surface area contributed by atoms with Crippen LogP contribution in [0.3, 0.4) is 0 Å². The Morgan fingerprint density at radius 3 is 2.37 bits per heavy atom. The molecule has 0 spiro atoms. The van der Waals surface area contributed by atoms with Gasteiger partial charge in [0.05, 0.1) is 10.7 Å². The van der Waals surface area contributed by atoms with Gasteiger partial charge < -0.3 is 5.32 Å². The lowest BCUT2D eigenvalue weighted by Crippen LogP contribution is -2.12. The number of carbonyl (C=O) groups excluding carboxylic acids is 1. The zero-order valence-corrected chi connectivity index (χ0v) is 12.1. The summed E-state index contributed by atoms with van der Waals surface area (Å²) in [7, 11) is 0. The third kappa shape index (κ3) is 3.63. The van der Waals surface area contributed by atoms with Crippen molar-refractivity contribution in [3.63, 3.8) is 0 Å². The Kier molecular flexibility index (Phi) is 4.70. The van der Waals surface area contributed by atoms with Crippen LogP contribution in [0.2, 0.25) is 10.0 Å². The third-order valence-corrected chi connectivity index (χ3v) is 3.42. The monoisotopic (exact) mass is 313 g/mol. The van der Waals surface area contributed by atoms with E-state index in [4.69, 9.17) is 34.8 Å². The van der Waals surface area contributed by atoms with Crippen LogP contribution in [-0.2, 0) is 5.88 Å². The lowest BCUT2D eigenvalue weighted by molar-refractivity contribution is 0.102. The zero-order valence-electron chi connectivity index (χ0n) is 9.79. The molecule has 0 aliphatic heterocycles. The molecule has 0 atom stereocenters. The van der Waals surface area contributed by atoms with Crippen LogP contribution in [0.15, 0.2) is 42.5 Å². The Bertz CT molecular complexity index is 596. The van der Waals surface area contributed by atoms with E-state index in [1.54, 1.807) is 30.3 Å². The smallest absolute Gasteiger partial charge is 0.255 e. The maximum absolute atomic E-state index is 12.0. The minimum atomic E-state index is -0.245. The summed E-state index contributed by atoms with van der Waals surface area (Å²) < 4.78 is 0. The normalized spacial score (nSPS) is 10.3. The van der Waals surface area contributed by atoms with Crippen LogP contribution in [0.25, 0.3) is 0 Å². The topological polar surface area (TPSA) is 29.1 Å². The van der Waals surface area contributed by atoms with Crippen LogP contribution in [0.1, 0.15) is 15.9 Å². The molecule has 0 heterocycles. The molecule has 0 radical (unpaired) electrons. The van der Waals surface area contributed by atoms with Gasteiger partial charge in [0.25, 0.3) is 5.91 Å². The van der Waals surface area contributed by atoms with E-state index in [0.29, 0.717) is 27.2 Å². The molecule has 0 fully saturated rings. The van der Waals surface area contributed by atoms with E-state index in [2.05, 4.69) is 5.32 Å². The van der Waals surface area contributed by atoms with Crippen LogP contribution in [-0.4, -0.2) is 5.91 Å². The van der Waals surface area contributed by atoms with Crippen LogP contribution in [0, 0.1) is 0 Å². The van der Waals surface area contributed by atoms with E-state index in [0.717, 1.165) is 5.56 Å². The Balaban J connectivity index is 2.18. The fraction of sp³-hybridized carbons (Fsp3) is 0.0714. The van der Waals surface area contributed by atoms with Crippen molar-refractivity contribution >= 4 is 46.4 Å². The molecule has 2 aromatic carbocycles. The fourth-order valence-electron chi connectivity index (χ4n) is 1.53. The van der Waals surface area contributed by atoms with E-state index in [1.165, 1.54) is 0 Å². The van der Waals surface area contributed by atoms with E-state index >= 15 is 0 Å². The zero-order chi connectivity index (χ0) is 13.8. The molecule has 1 N–H and O–H groups in total. The quantitative estimate of drug-likeness (QED) is 0.795. The number of alkyl halides is 1. The molecule has 0 saturated heterocycles. The van der Waals surface area contributed by atoms with Crippen LogP contribution in [0.5, 0.6) is 0 Å². The van der Waals surface area contributed by atoms with Crippen molar-refractivity contribution in [2.45, 2.75) is 5.88 Å². The van der Waals surface area contributed by atoms with Crippen molar-refractivity contribution in [2.75, 3.05) is 5.32 Å². The molecule has 2 aromatic rings. The molecule has 0 saturated carbocycles. The molecule has 5 heteroatoms. The highest BCUT2D eigenvalue weighted by Crippen LogP contribution is 2.25. The fourth-order valence-corrected chi connectivity index (χ4v) is 2.05. The minimum absolute atomic E-state index is 0.245. The molecule has 0 aromatic heterocycles. The van der Waals surface area contributed by atoms with Gasteiger partial charge in [-0.2, -0.15) is 0 Å². The first-order valence-electron chi connectivity index (χ1n) is 5.51. The first kappa shape index (κ1) is 14.2. The molecular formula is C14H10Cl3NO. The van der Waals surface area contributed by atoms with Gasteiger partial charge in [-0.3, -0.25) is 4.79 Å². The Morgan fingerprint density at radius 2 is 1.74 bits per heavy atom. The summed E-state index contributed by atoms with van der Waals surface area (Å²) in [5.41, 5.74) is 1.98. The molecule has 2 rings (SSSR count). The first-order valence-corrected chi connectivity index (χ1v) is 6.80. The van der Waals surface area contributed by atoms with Gasteiger partial charge >= 0.3 is 0 Å². The number of amides is 1. The maximum Gasteiger partial charge on any atom is 0.255 e. The van der Waals surface area contributed by atoms with Crippen LogP contribution < -0.4 is 5.32 Å². The number of anilines is 1. The summed E-state index contributed by atoms with van der Waals surface area (Å²) in [6, 6.07) is 11.9. The molecule has 1 amide bonds. The largest absolute Gasteiger partial charge is 0.321 e. The summed E-state index contributed by atoms with van der Waals surface area (Å²) >= 11 is 17.5. The van der Waals surface area contributed by atoms with Crippen molar-refractivity contribution in [3.05, 3.63) is 63.6 Å². The Hall–Kier alpha value is -1.22. The first-order chi connectivity index (χ1) is 9.10. The molecule has 0 bridgehead atoms. The highest BCUT2D eigenvalue weighted by molar-refractivity contribution is 6.35. The second-order valence-corrected chi connectivity index (χ2v) is 5.02. The molecule has 98 valence electrons. The van der Waals surface area contributed by atoms with Crippen molar-refractivity contribution in [3.8, 4) is 0 Å². The van der Waals surface area contributed by atoms with Crippen molar-refractivity contribution < 1.29 is 4.79 Å². The average Bonchev–Trinajstić information content (AvgIpc) is 2.43. The summed E-state index contributed by atoms with van der Waals surface area (Å²) in [5, 5.41) is 3.67. The minimum Gasteiger partial charge on any atom is -0.321 e. The van der Waals surface area contributed by atoms with Gasteiger partial charge in [-0.15, -0.1) is 11.6 Å². The Morgan fingerprint density at radius 1 is 1.05 bits per heavy atom. The highest BCUT2D eigenvalue weighted by atomic mass is 35.5. The number of nitrogens with one attached hydrogen (secondary N) is 1. The van der Waals surface area contributed by atoms with Crippen molar-refractivity contribution in [1.82, 2.24) is 0 Å². The summed E-state index contributed by atoms with van der Waals surface area (Å²) in [4.78, 5) is 12.0. The van der Waals surface area contributed by atoms with Crippen LogP contribution in [0.4, 0.5) is 5.69 Å². The molecule has 0 unspecified atom stereocenters. The van der Waals surface area contributed by atoms with Gasteiger partial charge in [0, 0.05) is 16.5 Å². The van der Waals surface area contributed by atoms with Crippen molar-refractivity contribution in [2.24, 2.45) is 0 Å². The molecule has 2 nitrogen and oxygen atoms in total. The van der Waals surface area contributed by atoms with Crippen molar-refractivity contribution in [1.29, 1.82) is 0 Å². The number of rotatable bonds is 3. The SMILES string of the molecule is O=C(Nc1cc(Cl)ccc1Cl)c1ccc(CCl)cc1. The third-order valence-electron chi connectivity index (χ3n) is 2.55. The van der Waals surface area contributed by atoms with Gasteiger partial charge in [0.15, 0.2) is 0 Å². The predicted molar refractivity (Wildman–Crippen MR) is 80.4 cm³/mol. The predicted octanol–water partition coefficient (Wildman–Crippen LogP) is 4.98. The van der Waals surface area contributed by atoms with Gasteiger partial charge in [-0.05, 0) is 35.9 Å². The molecule has 19 heavy (non-hydrogen) atoms. The van der Waals surface area contributed by atoms with Gasteiger partial charge in [0.2, 0.25) is 0 Å². The highest BCUT2D eigenvalue weighted by Gasteiger charge is 2.08. The standard InChI is InChI=1S/C14H10Cl3NO/c15-8-9-1-3-10(4-2-9)14(19)18-13-7-11(16)5-6-12(13)17/h1-7H,8H2,(H,18,19). The number of hydrogen-bond acceptors (Lipinski definition) is 1. The second kappa shape index (κ2) is 6.29. The maximum atomic E-state index is 12.0. The summed E-state index contributed by atoms with van der Waals surface area (Å²) in [5.74, 6) is 0.174. The molecule has 0 aliphatic rings. The van der Waals surface area contributed by atoms with E-state index in [-0.39, 0.29) is 5.91 Å². The number of hydrogen-bond donors (Lipinski definition) is 1. The Labute approximate surface area is 126 Å². The second-order valence-electron chi connectivity index (χ2n) is 3.91. The lowest BCUT2D eigenvalue weighted by Gasteiger charge is -2.08. The number of benzene rings is 2. The molecule has 0 aliphatic carbocycles. The van der Waals surface area contributed by atoms with E-state index in [1.807, 2.05) is 12.1 Å². The lowest BCUT2D eigenvalue weighted by atomic mass is 10.1.